The highest BCUT2D eigenvalue weighted by Crippen LogP contribution is 2.23. The Hall–Kier alpha value is -1.97. The summed E-state index contributed by atoms with van der Waals surface area (Å²) in [6.45, 7) is 3.95. The average molecular weight is 256 g/mol. The van der Waals surface area contributed by atoms with Gasteiger partial charge in [-0.2, -0.15) is 5.10 Å². The average Bonchev–Trinajstić information content (AvgIpc) is 2.74. The summed E-state index contributed by atoms with van der Waals surface area (Å²) in [4.78, 5) is 0. The monoisotopic (exact) mass is 256 g/mol. The van der Waals surface area contributed by atoms with Crippen molar-refractivity contribution in [3.8, 4) is 0 Å². The normalized spacial score (nSPS) is 13.8. The lowest BCUT2D eigenvalue weighted by molar-refractivity contribution is 0.758. The van der Waals surface area contributed by atoms with Gasteiger partial charge in [-0.05, 0) is 37.0 Å². The molecule has 1 aliphatic heterocycles. The van der Waals surface area contributed by atoms with Gasteiger partial charge >= 0.3 is 0 Å². The predicted molar refractivity (Wildman–Crippen MR) is 78.5 cm³/mol. The van der Waals surface area contributed by atoms with E-state index in [0.717, 1.165) is 24.6 Å². The van der Waals surface area contributed by atoms with E-state index in [-0.39, 0.29) is 0 Å². The molecule has 3 rings (SSSR count). The van der Waals surface area contributed by atoms with E-state index in [9.17, 15) is 0 Å². The van der Waals surface area contributed by atoms with Crippen LogP contribution in [0, 0.1) is 6.92 Å². The maximum atomic E-state index is 4.34. The van der Waals surface area contributed by atoms with Crippen LogP contribution in [0.4, 0.5) is 11.5 Å². The predicted octanol–water partition coefficient (Wildman–Crippen LogP) is 2.70. The van der Waals surface area contributed by atoms with E-state index < -0.39 is 0 Å². The fourth-order valence-corrected chi connectivity index (χ4v) is 2.61. The van der Waals surface area contributed by atoms with Crippen molar-refractivity contribution in [2.75, 3.05) is 17.2 Å². The number of anilines is 2. The quantitative estimate of drug-likeness (QED) is 0.887. The highest BCUT2D eigenvalue weighted by Gasteiger charge is 2.09. The first kappa shape index (κ1) is 12.1. The van der Waals surface area contributed by atoms with Gasteiger partial charge in [-0.15, -0.1) is 0 Å². The Morgan fingerprint density at radius 1 is 1.37 bits per heavy atom. The van der Waals surface area contributed by atoms with Crippen molar-refractivity contribution in [3.63, 3.8) is 0 Å². The van der Waals surface area contributed by atoms with Crippen LogP contribution in [-0.2, 0) is 20.0 Å². The van der Waals surface area contributed by atoms with Crippen LogP contribution < -0.4 is 10.6 Å². The minimum atomic E-state index is 0.840. The Balaban J connectivity index is 1.71. The Bertz CT molecular complexity index is 586. The molecule has 0 saturated carbocycles. The van der Waals surface area contributed by atoms with Gasteiger partial charge in [0.2, 0.25) is 0 Å². The van der Waals surface area contributed by atoms with Crippen molar-refractivity contribution < 1.29 is 0 Å². The number of aryl methyl sites for hydroxylation is 3. The SMILES string of the molecule is Cc1cc(NCc2ccc3c(c2)CCCN3)n(C)n1. The Labute approximate surface area is 113 Å². The van der Waals surface area contributed by atoms with Crippen molar-refractivity contribution in [1.29, 1.82) is 0 Å². The van der Waals surface area contributed by atoms with Crippen molar-refractivity contribution >= 4 is 11.5 Å². The third kappa shape index (κ3) is 2.57. The first-order valence-electron chi connectivity index (χ1n) is 6.82. The molecule has 4 heteroatoms. The number of rotatable bonds is 3. The minimum Gasteiger partial charge on any atom is -0.385 e. The van der Waals surface area contributed by atoms with Gasteiger partial charge in [0, 0.05) is 31.9 Å². The lowest BCUT2D eigenvalue weighted by Gasteiger charge is -2.18. The van der Waals surface area contributed by atoms with E-state index in [2.05, 4.69) is 40.0 Å². The summed E-state index contributed by atoms with van der Waals surface area (Å²) in [6, 6.07) is 8.76. The molecule has 0 radical (unpaired) electrons. The number of benzene rings is 1. The number of hydrogen-bond acceptors (Lipinski definition) is 3. The number of fused-ring (bicyclic) bond motifs is 1. The molecular formula is C15H20N4. The minimum absolute atomic E-state index is 0.840. The van der Waals surface area contributed by atoms with Crippen LogP contribution in [0.3, 0.4) is 0 Å². The zero-order chi connectivity index (χ0) is 13.2. The van der Waals surface area contributed by atoms with E-state index in [1.165, 1.54) is 29.7 Å². The summed E-state index contributed by atoms with van der Waals surface area (Å²) in [6.07, 6.45) is 2.41. The zero-order valence-electron chi connectivity index (χ0n) is 11.5. The molecule has 2 aromatic rings. The van der Waals surface area contributed by atoms with Crippen molar-refractivity contribution in [3.05, 3.63) is 41.1 Å². The summed E-state index contributed by atoms with van der Waals surface area (Å²) in [5, 5.41) is 11.2. The second-order valence-corrected chi connectivity index (χ2v) is 5.17. The van der Waals surface area contributed by atoms with Gasteiger partial charge in [-0.25, -0.2) is 0 Å². The topological polar surface area (TPSA) is 41.9 Å². The van der Waals surface area contributed by atoms with E-state index in [1.54, 1.807) is 0 Å². The van der Waals surface area contributed by atoms with E-state index in [1.807, 2.05) is 18.7 Å². The third-order valence-electron chi connectivity index (χ3n) is 3.58. The summed E-state index contributed by atoms with van der Waals surface area (Å²) in [5.74, 6) is 1.06. The molecular weight excluding hydrogens is 236 g/mol. The van der Waals surface area contributed by atoms with E-state index in [4.69, 9.17) is 0 Å². The Morgan fingerprint density at radius 3 is 3.05 bits per heavy atom. The maximum Gasteiger partial charge on any atom is 0.124 e. The van der Waals surface area contributed by atoms with Gasteiger partial charge in [0.15, 0.2) is 0 Å². The molecule has 1 aromatic heterocycles. The summed E-state index contributed by atoms with van der Waals surface area (Å²) < 4.78 is 1.88. The molecule has 4 nitrogen and oxygen atoms in total. The standard InChI is InChI=1S/C15H20N4/c1-11-8-15(19(2)18-11)17-10-12-5-6-14-13(9-12)4-3-7-16-14/h5-6,8-9,16-17H,3-4,7,10H2,1-2H3. The van der Waals surface area contributed by atoms with Gasteiger partial charge in [-0.1, -0.05) is 12.1 Å². The molecule has 0 spiro atoms. The van der Waals surface area contributed by atoms with Gasteiger partial charge < -0.3 is 10.6 Å². The fourth-order valence-electron chi connectivity index (χ4n) is 2.61. The number of nitrogens with zero attached hydrogens (tertiary/aromatic N) is 2. The second-order valence-electron chi connectivity index (χ2n) is 5.17. The molecule has 1 aliphatic rings. The smallest absolute Gasteiger partial charge is 0.124 e. The molecule has 0 amide bonds. The molecule has 0 atom stereocenters. The van der Waals surface area contributed by atoms with Crippen molar-refractivity contribution in [1.82, 2.24) is 9.78 Å². The van der Waals surface area contributed by atoms with Crippen molar-refractivity contribution in [2.45, 2.75) is 26.3 Å². The lowest BCUT2D eigenvalue weighted by atomic mass is 10.0. The molecule has 1 aromatic carbocycles. The number of hydrogen-bond donors (Lipinski definition) is 2. The van der Waals surface area contributed by atoms with E-state index in [0.29, 0.717) is 0 Å². The Morgan fingerprint density at radius 2 is 2.26 bits per heavy atom. The van der Waals surface area contributed by atoms with Crippen LogP contribution in [0.1, 0.15) is 23.2 Å². The molecule has 2 N–H and O–H groups in total. The van der Waals surface area contributed by atoms with Crippen LogP contribution in [-0.4, -0.2) is 16.3 Å². The second kappa shape index (κ2) is 4.96. The first-order valence-corrected chi connectivity index (χ1v) is 6.82. The van der Waals surface area contributed by atoms with Crippen LogP contribution in [0.5, 0.6) is 0 Å². The lowest BCUT2D eigenvalue weighted by Crippen LogP contribution is -2.12. The van der Waals surface area contributed by atoms with Crippen LogP contribution >= 0.6 is 0 Å². The largest absolute Gasteiger partial charge is 0.385 e. The molecule has 0 saturated heterocycles. The van der Waals surface area contributed by atoms with Crippen LogP contribution in [0.25, 0.3) is 0 Å². The molecule has 0 fully saturated rings. The summed E-state index contributed by atoms with van der Waals surface area (Å²) in [5.41, 5.74) is 5.10. The number of aromatic nitrogens is 2. The molecule has 100 valence electrons. The maximum absolute atomic E-state index is 4.34. The van der Waals surface area contributed by atoms with Crippen LogP contribution in [0.2, 0.25) is 0 Å². The molecule has 0 bridgehead atoms. The van der Waals surface area contributed by atoms with Gasteiger partial charge in [0.25, 0.3) is 0 Å². The first-order chi connectivity index (χ1) is 9.22. The van der Waals surface area contributed by atoms with Gasteiger partial charge in [-0.3, -0.25) is 4.68 Å². The van der Waals surface area contributed by atoms with Gasteiger partial charge in [0.1, 0.15) is 5.82 Å². The van der Waals surface area contributed by atoms with E-state index >= 15 is 0 Å². The molecule has 0 unspecified atom stereocenters. The third-order valence-corrected chi connectivity index (χ3v) is 3.58. The summed E-state index contributed by atoms with van der Waals surface area (Å²) >= 11 is 0. The Kier molecular flexibility index (Phi) is 3.15. The van der Waals surface area contributed by atoms with Gasteiger partial charge in [0.05, 0.1) is 5.69 Å². The van der Waals surface area contributed by atoms with Crippen molar-refractivity contribution in [2.24, 2.45) is 7.05 Å². The molecule has 0 aliphatic carbocycles. The van der Waals surface area contributed by atoms with Crippen LogP contribution in [0.15, 0.2) is 24.3 Å². The summed E-state index contributed by atoms with van der Waals surface area (Å²) in [7, 11) is 1.96. The zero-order valence-corrected chi connectivity index (χ0v) is 11.5. The fraction of sp³-hybridized carbons (Fsp3) is 0.400. The molecule has 19 heavy (non-hydrogen) atoms. The molecule has 2 heterocycles. The number of nitrogens with one attached hydrogen (secondary N) is 2. The highest BCUT2D eigenvalue weighted by molar-refractivity contribution is 5.54. The highest BCUT2D eigenvalue weighted by atomic mass is 15.3.